The van der Waals surface area contributed by atoms with Crippen LogP contribution in [0.3, 0.4) is 0 Å². The van der Waals surface area contributed by atoms with Gasteiger partial charge in [0.1, 0.15) is 12.1 Å². The van der Waals surface area contributed by atoms with Crippen molar-refractivity contribution in [2.45, 2.75) is 19.8 Å². The van der Waals surface area contributed by atoms with Gasteiger partial charge < -0.3 is 5.32 Å². The minimum Gasteiger partial charge on any atom is -0.369 e. The number of nitrogens with one attached hydrogen (secondary N) is 1. The molecule has 1 heterocycles. The van der Waals surface area contributed by atoms with Gasteiger partial charge in [-0.05, 0) is 34.9 Å². The van der Waals surface area contributed by atoms with Crippen LogP contribution in [0.2, 0.25) is 0 Å². The number of hydrogen-bond donors (Lipinski definition) is 1. The van der Waals surface area contributed by atoms with Crippen molar-refractivity contribution >= 4 is 40.0 Å². The van der Waals surface area contributed by atoms with Crippen molar-refractivity contribution in [2.75, 3.05) is 17.7 Å². The van der Waals surface area contributed by atoms with Crippen LogP contribution in [0, 0.1) is 9.49 Å². The highest BCUT2D eigenvalue weighted by atomic mass is 127. The molecule has 1 aromatic heterocycles. The van der Waals surface area contributed by atoms with E-state index in [-0.39, 0.29) is 0 Å². The Labute approximate surface area is 109 Å². The number of halogens is 2. The summed E-state index contributed by atoms with van der Waals surface area (Å²) < 4.78 is 1.05. The van der Waals surface area contributed by atoms with E-state index in [1.807, 2.05) is 0 Å². The van der Waals surface area contributed by atoms with Gasteiger partial charge in [-0.25, -0.2) is 9.97 Å². The van der Waals surface area contributed by atoms with Crippen LogP contribution in [0.5, 0.6) is 0 Å². The maximum Gasteiger partial charge on any atom is 0.142 e. The molecule has 0 saturated heterocycles. The van der Waals surface area contributed by atoms with Crippen molar-refractivity contribution in [1.29, 1.82) is 0 Å². The topological polar surface area (TPSA) is 37.8 Å². The molecule has 1 unspecified atom stereocenters. The van der Waals surface area contributed by atoms with Crippen LogP contribution >= 0.6 is 34.2 Å². The lowest BCUT2D eigenvalue weighted by atomic mass is 10.0. The third kappa shape index (κ3) is 4.51. The van der Waals surface area contributed by atoms with Gasteiger partial charge in [-0.15, -0.1) is 11.6 Å². The van der Waals surface area contributed by atoms with Gasteiger partial charge in [0.2, 0.25) is 0 Å². The van der Waals surface area contributed by atoms with E-state index in [9.17, 15) is 0 Å². The lowest BCUT2D eigenvalue weighted by Gasteiger charge is -2.14. The van der Waals surface area contributed by atoms with E-state index in [1.54, 1.807) is 12.5 Å². The first kappa shape index (κ1) is 13.0. The van der Waals surface area contributed by atoms with Gasteiger partial charge >= 0.3 is 0 Å². The number of aromatic nitrogens is 2. The predicted molar refractivity (Wildman–Crippen MR) is 72.4 cm³/mol. The smallest absolute Gasteiger partial charge is 0.142 e. The molecule has 5 heteroatoms. The van der Waals surface area contributed by atoms with Gasteiger partial charge in [0, 0.05) is 18.6 Å². The maximum atomic E-state index is 5.73. The van der Waals surface area contributed by atoms with E-state index in [0.29, 0.717) is 5.92 Å². The fourth-order valence-electron chi connectivity index (χ4n) is 1.29. The Kier molecular flexibility index (Phi) is 6.24. The summed E-state index contributed by atoms with van der Waals surface area (Å²) in [7, 11) is 0. The van der Waals surface area contributed by atoms with E-state index in [1.165, 1.54) is 0 Å². The first-order chi connectivity index (χ1) is 7.27. The largest absolute Gasteiger partial charge is 0.369 e. The predicted octanol–water partition coefficient (Wildman–Crippen LogP) is 3.15. The van der Waals surface area contributed by atoms with Crippen LogP contribution < -0.4 is 5.32 Å². The normalized spacial score (nSPS) is 12.5. The highest BCUT2D eigenvalue weighted by Gasteiger charge is 2.06. The molecule has 0 radical (unpaired) electrons. The fraction of sp³-hybridized carbons (Fsp3) is 0.600. The van der Waals surface area contributed by atoms with E-state index >= 15 is 0 Å². The molecule has 0 aliphatic carbocycles. The van der Waals surface area contributed by atoms with Crippen molar-refractivity contribution in [1.82, 2.24) is 9.97 Å². The lowest BCUT2D eigenvalue weighted by Crippen LogP contribution is -2.15. The molecule has 15 heavy (non-hydrogen) atoms. The second-order valence-corrected chi connectivity index (χ2v) is 4.89. The Bertz CT molecular complexity index is 296. The molecule has 0 spiro atoms. The average molecular weight is 340 g/mol. The Balaban J connectivity index is 2.45. The summed E-state index contributed by atoms with van der Waals surface area (Å²) in [6.07, 6.45) is 5.56. The maximum absolute atomic E-state index is 5.73. The van der Waals surface area contributed by atoms with Gasteiger partial charge in [-0.3, -0.25) is 0 Å². The van der Waals surface area contributed by atoms with E-state index < -0.39 is 0 Å². The molecule has 3 nitrogen and oxygen atoms in total. The Hall–Kier alpha value is -0.100. The summed E-state index contributed by atoms with van der Waals surface area (Å²) in [4.78, 5) is 8.13. The van der Waals surface area contributed by atoms with Crippen LogP contribution in [0.15, 0.2) is 12.5 Å². The molecule has 1 aromatic rings. The van der Waals surface area contributed by atoms with Crippen LogP contribution in [0.4, 0.5) is 5.82 Å². The number of hydrogen-bond acceptors (Lipinski definition) is 3. The summed E-state index contributed by atoms with van der Waals surface area (Å²) >= 11 is 7.96. The molecule has 0 saturated carbocycles. The lowest BCUT2D eigenvalue weighted by molar-refractivity contribution is 0.521. The average Bonchev–Trinajstić information content (AvgIpc) is 2.26. The van der Waals surface area contributed by atoms with Crippen molar-refractivity contribution in [2.24, 2.45) is 5.92 Å². The molecule has 84 valence electrons. The monoisotopic (exact) mass is 339 g/mol. The first-order valence-corrected chi connectivity index (χ1v) is 6.64. The molecule has 0 fully saturated rings. The highest BCUT2D eigenvalue weighted by molar-refractivity contribution is 14.1. The van der Waals surface area contributed by atoms with Gasteiger partial charge in [-0.1, -0.05) is 13.3 Å². The summed E-state index contributed by atoms with van der Waals surface area (Å²) in [5.74, 6) is 2.26. The number of anilines is 1. The number of alkyl halides is 1. The quantitative estimate of drug-likeness (QED) is 0.639. The molecule has 0 aromatic carbocycles. The Morgan fingerprint density at radius 2 is 2.40 bits per heavy atom. The second kappa shape index (κ2) is 7.22. The number of rotatable bonds is 6. The van der Waals surface area contributed by atoms with Crippen LogP contribution in [-0.4, -0.2) is 22.4 Å². The van der Waals surface area contributed by atoms with Gasteiger partial charge in [0.15, 0.2) is 0 Å². The van der Waals surface area contributed by atoms with Crippen LogP contribution in [0.1, 0.15) is 19.8 Å². The fourth-order valence-corrected chi connectivity index (χ4v) is 2.09. The van der Waals surface area contributed by atoms with Crippen LogP contribution in [0.25, 0.3) is 0 Å². The standard InChI is InChI=1S/C10H15ClIN3/c1-2-8(3-4-11)5-14-10-9(12)6-13-7-15-10/h6-8H,2-5H2,1H3,(H,13,14,15). The number of nitrogens with zero attached hydrogens (tertiary/aromatic N) is 2. The zero-order valence-electron chi connectivity index (χ0n) is 8.71. The van der Waals surface area contributed by atoms with E-state index in [4.69, 9.17) is 11.6 Å². The van der Waals surface area contributed by atoms with Crippen molar-refractivity contribution < 1.29 is 0 Å². The SMILES string of the molecule is CCC(CCCl)CNc1ncncc1I. The van der Waals surface area contributed by atoms with Crippen molar-refractivity contribution in [3.8, 4) is 0 Å². The minimum absolute atomic E-state index is 0.619. The van der Waals surface area contributed by atoms with E-state index in [0.717, 1.165) is 34.7 Å². The molecule has 0 aliphatic heterocycles. The summed E-state index contributed by atoms with van der Waals surface area (Å²) in [6, 6.07) is 0. The van der Waals surface area contributed by atoms with Crippen molar-refractivity contribution in [3.05, 3.63) is 16.1 Å². The highest BCUT2D eigenvalue weighted by Crippen LogP contribution is 2.15. The molecule has 0 amide bonds. The molecule has 1 N–H and O–H groups in total. The van der Waals surface area contributed by atoms with Gasteiger partial charge in [-0.2, -0.15) is 0 Å². The minimum atomic E-state index is 0.619. The zero-order valence-corrected chi connectivity index (χ0v) is 11.6. The second-order valence-electron chi connectivity index (χ2n) is 3.35. The molecular weight excluding hydrogens is 324 g/mol. The summed E-state index contributed by atoms with van der Waals surface area (Å²) in [5, 5.41) is 3.33. The van der Waals surface area contributed by atoms with Crippen molar-refractivity contribution in [3.63, 3.8) is 0 Å². The third-order valence-corrected chi connectivity index (χ3v) is 3.33. The third-order valence-electron chi connectivity index (χ3n) is 2.32. The Morgan fingerprint density at radius 3 is 3.00 bits per heavy atom. The summed E-state index contributed by atoms with van der Waals surface area (Å²) in [6.45, 7) is 3.11. The van der Waals surface area contributed by atoms with Gasteiger partial charge in [0.05, 0.1) is 3.57 Å². The van der Waals surface area contributed by atoms with Gasteiger partial charge in [0.25, 0.3) is 0 Å². The zero-order chi connectivity index (χ0) is 11.1. The molecule has 1 rings (SSSR count). The summed E-state index contributed by atoms with van der Waals surface area (Å²) in [5.41, 5.74) is 0. The van der Waals surface area contributed by atoms with Crippen LogP contribution in [-0.2, 0) is 0 Å². The molecular formula is C10H15ClIN3. The molecule has 1 atom stereocenters. The first-order valence-electron chi connectivity index (χ1n) is 5.03. The van der Waals surface area contributed by atoms with E-state index in [2.05, 4.69) is 44.8 Å². The molecule has 0 bridgehead atoms. The molecule has 0 aliphatic rings. The Morgan fingerprint density at radius 1 is 1.60 bits per heavy atom.